The molecule has 1 aliphatic heterocycles. The molecular weight excluding hydrogens is 356 g/mol. The molecule has 0 bridgehead atoms. The van der Waals surface area contributed by atoms with Gasteiger partial charge in [0.05, 0.1) is 25.2 Å². The number of methoxy groups -OCH3 is 2. The van der Waals surface area contributed by atoms with E-state index in [1.54, 1.807) is 32.4 Å². The molecule has 26 heavy (non-hydrogen) atoms. The summed E-state index contributed by atoms with van der Waals surface area (Å²) in [4.78, 5) is 26.2. The van der Waals surface area contributed by atoms with Gasteiger partial charge in [0, 0.05) is 32.3 Å². The molecule has 1 aliphatic rings. The van der Waals surface area contributed by atoms with Gasteiger partial charge in [-0.1, -0.05) is 11.6 Å². The number of benzene rings is 1. The first kappa shape index (κ1) is 20.5. The van der Waals surface area contributed by atoms with Crippen LogP contribution in [-0.2, 0) is 14.3 Å². The minimum absolute atomic E-state index is 0.0472. The van der Waals surface area contributed by atoms with E-state index in [4.69, 9.17) is 21.1 Å². The van der Waals surface area contributed by atoms with E-state index in [0.717, 1.165) is 32.4 Å². The second kappa shape index (κ2) is 10.4. The minimum Gasteiger partial charge on any atom is -0.495 e. The third-order valence-electron chi connectivity index (χ3n) is 4.61. The molecule has 2 amide bonds. The van der Waals surface area contributed by atoms with Crippen LogP contribution in [-0.4, -0.2) is 50.6 Å². The Kier molecular flexibility index (Phi) is 8.19. The summed E-state index contributed by atoms with van der Waals surface area (Å²) in [7, 11) is 3.15. The maximum absolute atomic E-state index is 12.2. The van der Waals surface area contributed by atoms with Crippen molar-refractivity contribution < 1.29 is 19.1 Å². The second-order valence-electron chi connectivity index (χ2n) is 6.53. The van der Waals surface area contributed by atoms with Gasteiger partial charge in [0.25, 0.3) is 0 Å². The Balaban J connectivity index is 1.77. The van der Waals surface area contributed by atoms with Crippen LogP contribution in [0.3, 0.4) is 0 Å². The van der Waals surface area contributed by atoms with Crippen molar-refractivity contribution in [3.63, 3.8) is 0 Å². The number of nitrogens with one attached hydrogen (secondary N) is 1. The fourth-order valence-electron chi connectivity index (χ4n) is 3.18. The van der Waals surface area contributed by atoms with Gasteiger partial charge in [-0.15, -0.1) is 0 Å². The molecule has 0 spiro atoms. The topological polar surface area (TPSA) is 67.9 Å². The molecule has 0 aromatic heterocycles. The van der Waals surface area contributed by atoms with Gasteiger partial charge in [-0.25, -0.2) is 0 Å². The first-order valence-electron chi connectivity index (χ1n) is 8.93. The van der Waals surface area contributed by atoms with Gasteiger partial charge >= 0.3 is 0 Å². The fourth-order valence-corrected chi connectivity index (χ4v) is 3.44. The zero-order chi connectivity index (χ0) is 18.9. The SMILES string of the molecule is COCCC(=O)N1CCCC(CCC(=O)Nc2ccc(OC)c(Cl)c2)C1. The zero-order valence-electron chi connectivity index (χ0n) is 15.4. The molecule has 1 N–H and O–H groups in total. The van der Waals surface area contributed by atoms with E-state index in [0.29, 0.717) is 41.8 Å². The monoisotopic (exact) mass is 382 g/mol. The average molecular weight is 383 g/mol. The number of amides is 2. The minimum atomic E-state index is -0.0472. The smallest absolute Gasteiger partial charge is 0.224 e. The van der Waals surface area contributed by atoms with Gasteiger partial charge in [-0.3, -0.25) is 9.59 Å². The number of rotatable bonds is 8. The molecule has 1 aromatic carbocycles. The lowest BCUT2D eigenvalue weighted by atomic mass is 9.93. The van der Waals surface area contributed by atoms with E-state index in [1.165, 1.54) is 0 Å². The van der Waals surface area contributed by atoms with Gasteiger partial charge in [-0.05, 0) is 43.4 Å². The third-order valence-corrected chi connectivity index (χ3v) is 4.90. The lowest BCUT2D eigenvalue weighted by Crippen LogP contribution is -2.40. The predicted molar refractivity (Wildman–Crippen MR) is 102 cm³/mol. The maximum atomic E-state index is 12.2. The maximum Gasteiger partial charge on any atom is 0.224 e. The number of anilines is 1. The van der Waals surface area contributed by atoms with Crippen molar-refractivity contribution in [1.29, 1.82) is 0 Å². The van der Waals surface area contributed by atoms with Crippen LogP contribution < -0.4 is 10.1 Å². The van der Waals surface area contributed by atoms with Crippen molar-refractivity contribution in [2.24, 2.45) is 5.92 Å². The van der Waals surface area contributed by atoms with Gasteiger partial charge < -0.3 is 19.7 Å². The number of halogens is 1. The van der Waals surface area contributed by atoms with Crippen molar-refractivity contribution in [2.75, 3.05) is 39.2 Å². The van der Waals surface area contributed by atoms with Crippen LogP contribution in [0.25, 0.3) is 0 Å². The van der Waals surface area contributed by atoms with Crippen LogP contribution in [0.5, 0.6) is 5.75 Å². The number of likely N-dealkylation sites (tertiary alicyclic amines) is 1. The zero-order valence-corrected chi connectivity index (χ0v) is 16.2. The van der Waals surface area contributed by atoms with Crippen molar-refractivity contribution in [3.05, 3.63) is 23.2 Å². The number of carbonyl (C=O) groups is 2. The average Bonchev–Trinajstić information content (AvgIpc) is 2.65. The van der Waals surface area contributed by atoms with E-state index < -0.39 is 0 Å². The van der Waals surface area contributed by atoms with Crippen LogP contribution in [0.15, 0.2) is 18.2 Å². The van der Waals surface area contributed by atoms with E-state index in [2.05, 4.69) is 5.32 Å². The predicted octanol–water partition coefficient (Wildman–Crippen LogP) is 3.34. The first-order chi connectivity index (χ1) is 12.5. The Bertz CT molecular complexity index is 624. The molecule has 1 atom stereocenters. The summed E-state index contributed by atoms with van der Waals surface area (Å²) < 4.78 is 10.1. The summed E-state index contributed by atoms with van der Waals surface area (Å²) in [5, 5.41) is 3.32. The van der Waals surface area contributed by atoms with Crippen molar-refractivity contribution >= 4 is 29.1 Å². The first-order valence-corrected chi connectivity index (χ1v) is 9.31. The molecule has 2 rings (SSSR count). The lowest BCUT2D eigenvalue weighted by Gasteiger charge is -2.32. The Morgan fingerprint density at radius 3 is 2.81 bits per heavy atom. The highest BCUT2D eigenvalue weighted by atomic mass is 35.5. The summed E-state index contributed by atoms with van der Waals surface area (Å²) in [5.41, 5.74) is 0.654. The van der Waals surface area contributed by atoms with Crippen molar-refractivity contribution in [3.8, 4) is 5.75 Å². The van der Waals surface area contributed by atoms with Crippen LogP contribution in [0.4, 0.5) is 5.69 Å². The largest absolute Gasteiger partial charge is 0.495 e. The van der Waals surface area contributed by atoms with Crippen molar-refractivity contribution in [1.82, 2.24) is 4.90 Å². The normalized spacial score (nSPS) is 17.0. The Morgan fingerprint density at radius 1 is 1.31 bits per heavy atom. The van der Waals surface area contributed by atoms with E-state index in [1.807, 2.05) is 4.90 Å². The molecule has 7 heteroatoms. The van der Waals surface area contributed by atoms with Gasteiger partial charge in [0.1, 0.15) is 5.75 Å². The summed E-state index contributed by atoms with van der Waals surface area (Å²) in [5.74, 6) is 1.02. The van der Waals surface area contributed by atoms with E-state index in [-0.39, 0.29) is 11.8 Å². The number of ether oxygens (including phenoxy) is 2. The number of hydrogen-bond donors (Lipinski definition) is 1. The summed E-state index contributed by atoms with van der Waals surface area (Å²) in [6.07, 6.45) is 3.65. The molecular formula is C19H27ClN2O4. The second-order valence-corrected chi connectivity index (χ2v) is 6.93. The van der Waals surface area contributed by atoms with Gasteiger partial charge in [0.15, 0.2) is 0 Å². The highest BCUT2D eigenvalue weighted by molar-refractivity contribution is 6.32. The van der Waals surface area contributed by atoms with E-state index >= 15 is 0 Å². The number of piperidine rings is 1. The number of carbonyl (C=O) groups excluding carboxylic acids is 2. The molecule has 1 heterocycles. The summed E-state index contributed by atoms with van der Waals surface area (Å²) >= 11 is 6.07. The fraction of sp³-hybridized carbons (Fsp3) is 0.579. The van der Waals surface area contributed by atoms with Crippen molar-refractivity contribution in [2.45, 2.75) is 32.1 Å². The Morgan fingerprint density at radius 2 is 2.12 bits per heavy atom. The van der Waals surface area contributed by atoms with Crippen LogP contribution >= 0.6 is 11.6 Å². The molecule has 1 unspecified atom stereocenters. The molecule has 0 radical (unpaired) electrons. The van der Waals surface area contributed by atoms with Crippen LogP contribution in [0.2, 0.25) is 5.02 Å². The van der Waals surface area contributed by atoms with Crippen LogP contribution in [0.1, 0.15) is 32.1 Å². The molecule has 0 aliphatic carbocycles. The third kappa shape index (κ3) is 6.18. The molecule has 1 fully saturated rings. The Hall–Kier alpha value is -1.79. The molecule has 6 nitrogen and oxygen atoms in total. The highest BCUT2D eigenvalue weighted by Gasteiger charge is 2.23. The van der Waals surface area contributed by atoms with Crippen LogP contribution in [0, 0.1) is 5.92 Å². The Labute approximate surface area is 159 Å². The molecule has 1 aromatic rings. The lowest BCUT2D eigenvalue weighted by molar-refractivity contribution is -0.134. The number of nitrogens with zero attached hydrogens (tertiary/aromatic N) is 1. The summed E-state index contributed by atoms with van der Waals surface area (Å²) in [6, 6.07) is 5.16. The molecule has 0 saturated carbocycles. The number of hydrogen-bond acceptors (Lipinski definition) is 4. The standard InChI is InChI=1S/C19H27ClN2O4/c1-25-11-9-19(24)22-10-3-4-14(13-22)5-8-18(23)21-15-6-7-17(26-2)16(20)12-15/h6-7,12,14H,3-5,8-11,13H2,1-2H3,(H,21,23). The molecule has 144 valence electrons. The quantitative estimate of drug-likeness (QED) is 0.748. The highest BCUT2D eigenvalue weighted by Crippen LogP contribution is 2.27. The van der Waals surface area contributed by atoms with E-state index in [9.17, 15) is 9.59 Å². The van der Waals surface area contributed by atoms with Gasteiger partial charge in [0.2, 0.25) is 11.8 Å². The molecule has 1 saturated heterocycles. The summed E-state index contributed by atoms with van der Waals surface area (Å²) in [6.45, 7) is 1.98. The van der Waals surface area contributed by atoms with Gasteiger partial charge in [-0.2, -0.15) is 0 Å².